The number of halogens is 2. The highest BCUT2D eigenvalue weighted by atomic mass is 32.2. The van der Waals surface area contributed by atoms with Gasteiger partial charge in [0.05, 0.1) is 12.9 Å². The van der Waals surface area contributed by atoms with E-state index >= 15 is 0 Å². The molecule has 0 aromatic heterocycles. The van der Waals surface area contributed by atoms with Crippen LogP contribution in [0.15, 0.2) is 18.2 Å². The molecule has 94 valence electrons. The Morgan fingerprint density at radius 1 is 1.29 bits per heavy atom. The predicted octanol–water partition coefficient (Wildman–Crippen LogP) is 1.48. The van der Waals surface area contributed by atoms with E-state index in [1.807, 2.05) is 0 Å². The maximum atomic E-state index is 12.7. The van der Waals surface area contributed by atoms with E-state index in [1.54, 1.807) is 0 Å². The van der Waals surface area contributed by atoms with E-state index in [4.69, 9.17) is 0 Å². The number of benzene rings is 1. The van der Waals surface area contributed by atoms with Gasteiger partial charge in [0.25, 0.3) is 10.1 Å². The third-order valence-electron chi connectivity index (χ3n) is 1.91. The fourth-order valence-electron chi connectivity index (χ4n) is 1.26. The summed E-state index contributed by atoms with van der Waals surface area (Å²) in [6.45, 7) is -0.249. The smallest absolute Gasteiger partial charge is 0.395 e. The molecule has 0 fully saturated rings. The van der Waals surface area contributed by atoms with Crippen molar-refractivity contribution in [1.29, 1.82) is 0 Å². The van der Waals surface area contributed by atoms with Crippen molar-refractivity contribution in [3.63, 3.8) is 0 Å². The van der Waals surface area contributed by atoms with Crippen LogP contribution in [0.1, 0.15) is 5.56 Å². The Bertz CT molecular complexity index is 540. The first-order valence-corrected chi connectivity index (χ1v) is 6.30. The Labute approximate surface area is 96.0 Å². The topological polar surface area (TPSA) is 61.8 Å². The molecule has 0 bridgehead atoms. The van der Waals surface area contributed by atoms with Crippen molar-refractivity contribution in [3.05, 3.63) is 23.8 Å². The molecule has 1 aliphatic rings. The summed E-state index contributed by atoms with van der Waals surface area (Å²) in [6, 6.07) is 3.91. The van der Waals surface area contributed by atoms with Crippen LogP contribution in [0, 0.1) is 0 Å². The van der Waals surface area contributed by atoms with Gasteiger partial charge in [-0.1, -0.05) is 6.07 Å². The molecule has 17 heavy (non-hydrogen) atoms. The van der Waals surface area contributed by atoms with E-state index in [0.29, 0.717) is 5.56 Å². The van der Waals surface area contributed by atoms with Gasteiger partial charge in [-0.25, -0.2) is 0 Å². The first-order valence-electron chi connectivity index (χ1n) is 4.48. The molecular weight excluding hydrogens is 258 g/mol. The zero-order chi connectivity index (χ0) is 12.7. The van der Waals surface area contributed by atoms with Crippen molar-refractivity contribution in [2.45, 2.75) is 12.9 Å². The summed E-state index contributed by atoms with van der Waals surface area (Å²) in [4.78, 5) is 0. The lowest BCUT2D eigenvalue weighted by atomic mass is 10.2. The number of hydrogen-bond acceptors (Lipinski definition) is 5. The van der Waals surface area contributed by atoms with Gasteiger partial charge in [0.2, 0.25) is 0 Å². The summed E-state index contributed by atoms with van der Waals surface area (Å²) in [5.74, 6) is -0.247. The lowest BCUT2D eigenvalue weighted by Gasteiger charge is -2.04. The molecule has 0 amide bonds. The SMILES string of the molecule is CS(=O)(=O)OCc1ccc2c(c1)OC(F)(F)O2. The monoisotopic (exact) mass is 266 g/mol. The van der Waals surface area contributed by atoms with Crippen molar-refractivity contribution >= 4 is 10.1 Å². The largest absolute Gasteiger partial charge is 0.586 e. The van der Waals surface area contributed by atoms with Gasteiger partial charge in [-0.15, -0.1) is 8.78 Å². The van der Waals surface area contributed by atoms with Crippen molar-refractivity contribution in [2.75, 3.05) is 6.26 Å². The van der Waals surface area contributed by atoms with Gasteiger partial charge in [-0.2, -0.15) is 8.42 Å². The molecule has 5 nitrogen and oxygen atoms in total. The normalized spacial score (nSPS) is 17.1. The van der Waals surface area contributed by atoms with Gasteiger partial charge in [-0.05, 0) is 17.7 Å². The van der Waals surface area contributed by atoms with Crippen LogP contribution in [-0.4, -0.2) is 21.0 Å². The zero-order valence-electron chi connectivity index (χ0n) is 8.64. The number of hydrogen-bond donors (Lipinski definition) is 0. The van der Waals surface area contributed by atoms with Crippen LogP contribution in [0.4, 0.5) is 8.78 Å². The molecule has 1 aliphatic heterocycles. The highest BCUT2D eigenvalue weighted by molar-refractivity contribution is 7.85. The van der Waals surface area contributed by atoms with Crippen molar-refractivity contribution in [3.8, 4) is 11.5 Å². The number of fused-ring (bicyclic) bond motifs is 1. The Morgan fingerprint density at radius 3 is 2.59 bits per heavy atom. The molecule has 8 heteroatoms. The van der Waals surface area contributed by atoms with Crippen LogP contribution in [-0.2, 0) is 20.9 Å². The molecule has 0 atom stereocenters. The van der Waals surface area contributed by atoms with Gasteiger partial charge >= 0.3 is 6.29 Å². The van der Waals surface area contributed by atoms with E-state index < -0.39 is 16.4 Å². The second kappa shape index (κ2) is 3.81. The van der Waals surface area contributed by atoms with Gasteiger partial charge < -0.3 is 9.47 Å². The van der Waals surface area contributed by atoms with E-state index in [-0.39, 0.29) is 18.1 Å². The van der Waals surface area contributed by atoms with Gasteiger partial charge in [-0.3, -0.25) is 4.18 Å². The minimum atomic E-state index is -3.68. The predicted molar refractivity (Wildman–Crippen MR) is 52.3 cm³/mol. The molecular formula is C9H8F2O5S. The lowest BCUT2D eigenvalue weighted by molar-refractivity contribution is -0.286. The van der Waals surface area contributed by atoms with Gasteiger partial charge in [0.15, 0.2) is 11.5 Å². The van der Waals surface area contributed by atoms with E-state index in [1.165, 1.54) is 18.2 Å². The average Bonchev–Trinajstić information content (AvgIpc) is 2.46. The molecule has 1 heterocycles. The van der Waals surface area contributed by atoms with Crippen molar-refractivity contribution in [1.82, 2.24) is 0 Å². The second-order valence-corrected chi connectivity index (χ2v) is 5.06. The minimum absolute atomic E-state index is 0.0990. The first kappa shape index (κ1) is 12.1. The van der Waals surface area contributed by atoms with E-state index in [2.05, 4.69) is 13.7 Å². The van der Waals surface area contributed by atoms with Crippen LogP contribution < -0.4 is 9.47 Å². The van der Waals surface area contributed by atoms with Crippen LogP contribution >= 0.6 is 0 Å². The third-order valence-corrected chi connectivity index (χ3v) is 2.45. The van der Waals surface area contributed by atoms with E-state index in [9.17, 15) is 17.2 Å². The summed E-state index contributed by atoms with van der Waals surface area (Å²) in [7, 11) is -3.58. The maximum Gasteiger partial charge on any atom is 0.586 e. The Morgan fingerprint density at radius 2 is 1.94 bits per heavy atom. The van der Waals surface area contributed by atoms with Crippen LogP contribution in [0.2, 0.25) is 0 Å². The molecule has 0 saturated carbocycles. The average molecular weight is 266 g/mol. The molecule has 0 radical (unpaired) electrons. The summed E-state index contributed by atoms with van der Waals surface area (Å²) in [5, 5.41) is 0. The second-order valence-electron chi connectivity index (χ2n) is 3.41. The minimum Gasteiger partial charge on any atom is -0.395 e. The molecule has 0 aliphatic carbocycles. The van der Waals surface area contributed by atoms with Crippen LogP contribution in [0.3, 0.4) is 0 Å². The fourth-order valence-corrected chi connectivity index (χ4v) is 1.61. The quantitative estimate of drug-likeness (QED) is 0.775. The molecule has 0 unspecified atom stereocenters. The Hall–Kier alpha value is -1.41. The Balaban J connectivity index is 2.14. The highest BCUT2D eigenvalue weighted by Gasteiger charge is 2.43. The summed E-state index contributed by atoms with van der Waals surface area (Å²) < 4.78 is 59.7. The van der Waals surface area contributed by atoms with Gasteiger partial charge in [0.1, 0.15) is 0 Å². The van der Waals surface area contributed by atoms with Crippen molar-refractivity contribution in [2.24, 2.45) is 0 Å². The fraction of sp³-hybridized carbons (Fsp3) is 0.333. The molecule has 1 aromatic carbocycles. The molecule has 0 N–H and O–H groups in total. The Kier molecular flexibility index (Phi) is 2.70. The summed E-state index contributed by atoms with van der Waals surface area (Å²) in [5.41, 5.74) is 0.385. The van der Waals surface area contributed by atoms with Crippen molar-refractivity contribution < 1.29 is 30.9 Å². The summed E-state index contributed by atoms with van der Waals surface area (Å²) in [6.07, 6.45) is -2.78. The molecule has 0 spiro atoms. The van der Waals surface area contributed by atoms with Crippen LogP contribution in [0.25, 0.3) is 0 Å². The maximum absolute atomic E-state index is 12.7. The standard InChI is InChI=1S/C9H8F2O5S/c1-17(12,13)14-5-6-2-3-7-8(4-6)16-9(10,11)15-7/h2-4H,5H2,1H3. The van der Waals surface area contributed by atoms with E-state index in [0.717, 1.165) is 6.26 Å². The lowest BCUT2D eigenvalue weighted by Crippen LogP contribution is -2.25. The molecule has 2 rings (SSSR count). The molecule has 0 saturated heterocycles. The first-order chi connectivity index (χ1) is 7.75. The number of ether oxygens (including phenoxy) is 2. The van der Waals surface area contributed by atoms with Crippen LogP contribution in [0.5, 0.6) is 11.5 Å². The zero-order valence-corrected chi connectivity index (χ0v) is 9.46. The van der Waals surface area contributed by atoms with Gasteiger partial charge in [0, 0.05) is 0 Å². The number of rotatable bonds is 3. The third kappa shape index (κ3) is 3.04. The summed E-state index contributed by atoms with van der Waals surface area (Å²) >= 11 is 0. The highest BCUT2D eigenvalue weighted by Crippen LogP contribution is 2.41. The number of alkyl halides is 2. The molecule has 1 aromatic rings.